The standard InChI is InChI=1S/C19H26N4O3S/c1-22(2)7-12-26-19-16(27-3)18(23-8-10-25-11-9-23)20-17(21-19)14-5-4-6-15(24)13-14/h4-6,13,24H,7-12H2,1-3H3. The van der Waals surface area contributed by atoms with Gasteiger partial charge in [0.05, 0.1) is 13.2 Å². The monoisotopic (exact) mass is 390 g/mol. The van der Waals surface area contributed by atoms with Crippen LogP contribution in [0.4, 0.5) is 5.82 Å². The number of benzene rings is 1. The summed E-state index contributed by atoms with van der Waals surface area (Å²) in [6.45, 7) is 4.25. The second kappa shape index (κ2) is 9.25. The summed E-state index contributed by atoms with van der Waals surface area (Å²) in [5.41, 5.74) is 0.759. The first-order valence-electron chi connectivity index (χ1n) is 8.94. The summed E-state index contributed by atoms with van der Waals surface area (Å²) in [5.74, 6) is 2.18. The zero-order valence-electron chi connectivity index (χ0n) is 16.0. The number of rotatable bonds is 7. The number of nitrogens with zero attached hydrogens (tertiary/aromatic N) is 4. The first kappa shape index (κ1) is 19.7. The van der Waals surface area contributed by atoms with E-state index in [1.807, 2.05) is 26.4 Å². The Bertz CT molecular complexity index is 767. The molecule has 0 saturated carbocycles. The molecule has 3 rings (SSSR count). The zero-order valence-corrected chi connectivity index (χ0v) is 16.8. The summed E-state index contributed by atoms with van der Waals surface area (Å²) in [7, 11) is 4.02. The van der Waals surface area contributed by atoms with Crippen LogP contribution in [0.25, 0.3) is 11.4 Å². The van der Waals surface area contributed by atoms with Crippen molar-refractivity contribution in [2.24, 2.45) is 0 Å². The first-order chi connectivity index (χ1) is 13.1. The van der Waals surface area contributed by atoms with Crippen molar-refractivity contribution >= 4 is 17.6 Å². The highest BCUT2D eigenvalue weighted by molar-refractivity contribution is 7.98. The number of phenolic OH excluding ortho intramolecular Hbond substituents is 1. The van der Waals surface area contributed by atoms with Crippen molar-refractivity contribution in [1.82, 2.24) is 14.9 Å². The van der Waals surface area contributed by atoms with Crippen LogP contribution < -0.4 is 9.64 Å². The first-order valence-corrected chi connectivity index (χ1v) is 10.2. The molecule has 0 amide bonds. The van der Waals surface area contributed by atoms with Crippen LogP contribution >= 0.6 is 11.8 Å². The summed E-state index contributed by atoms with van der Waals surface area (Å²) in [4.78, 5) is 14.7. The van der Waals surface area contributed by atoms with Gasteiger partial charge in [0.15, 0.2) is 11.6 Å². The van der Waals surface area contributed by atoms with Crippen LogP contribution in [-0.4, -0.2) is 79.8 Å². The molecule has 0 atom stereocenters. The topological polar surface area (TPSA) is 71.0 Å². The van der Waals surface area contributed by atoms with Crippen molar-refractivity contribution < 1.29 is 14.6 Å². The van der Waals surface area contributed by atoms with Crippen LogP contribution in [0.3, 0.4) is 0 Å². The van der Waals surface area contributed by atoms with Gasteiger partial charge in [0.25, 0.3) is 0 Å². The van der Waals surface area contributed by atoms with Gasteiger partial charge in [-0.3, -0.25) is 0 Å². The maximum absolute atomic E-state index is 9.84. The van der Waals surface area contributed by atoms with Gasteiger partial charge >= 0.3 is 0 Å². The molecule has 1 saturated heterocycles. The van der Waals surface area contributed by atoms with Crippen molar-refractivity contribution in [3.05, 3.63) is 24.3 Å². The number of likely N-dealkylation sites (N-methyl/N-ethyl adjacent to an activating group) is 1. The Morgan fingerprint density at radius 1 is 1.26 bits per heavy atom. The molecule has 0 unspecified atom stereocenters. The van der Waals surface area contributed by atoms with E-state index in [0.29, 0.717) is 31.5 Å². The third-order valence-corrected chi connectivity index (χ3v) is 4.98. The number of morpholine rings is 1. The number of thioether (sulfide) groups is 1. The molecule has 146 valence electrons. The van der Waals surface area contributed by atoms with E-state index in [1.165, 1.54) is 0 Å². The number of phenols is 1. The average Bonchev–Trinajstić information content (AvgIpc) is 2.67. The molecule has 2 aromatic rings. The molecular weight excluding hydrogens is 364 g/mol. The molecule has 27 heavy (non-hydrogen) atoms. The van der Waals surface area contributed by atoms with Crippen LogP contribution in [-0.2, 0) is 4.74 Å². The third-order valence-electron chi connectivity index (χ3n) is 4.21. The van der Waals surface area contributed by atoms with Crippen LogP contribution in [0, 0.1) is 0 Å². The normalized spacial score (nSPS) is 14.6. The van der Waals surface area contributed by atoms with E-state index in [1.54, 1.807) is 30.0 Å². The Morgan fingerprint density at radius 2 is 2.04 bits per heavy atom. The molecule has 1 aromatic heterocycles. The average molecular weight is 391 g/mol. The van der Waals surface area contributed by atoms with E-state index >= 15 is 0 Å². The second-order valence-corrected chi connectivity index (χ2v) is 7.33. The smallest absolute Gasteiger partial charge is 0.233 e. The number of aromatic hydroxyl groups is 1. The number of aromatic nitrogens is 2. The van der Waals surface area contributed by atoms with Crippen molar-refractivity contribution in [3.8, 4) is 23.0 Å². The predicted octanol–water partition coefficient (Wildman–Crippen LogP) is 2.35. The van der Waals surface area contributed by atoms with Crippen molar-refractivity contribution in [2.45, 2.75) is 4.90 Å². The van der Waals surface area contributed by atoms with Gasteiger partial charge in [0.2, 0.25) is 5.88 Å². The van der Waals surface area contributed by atoms with Gasteiger partial charge in [-0.2, -0.15) is 4.98 Å². The fourth-order valence-electron chi connectivity index (χ4n) is 2.78. The fourth-order valence-corrected chi connectivity index (χ4v) is 3.42. The molecule has 7 nitrogen and oxygen atoms in total. The molecule has 1 aromatic carbocycles. The molecule has 1 aliphatic heterocycles. The minimum atomic E-state index is 0.188. The van der Waals surface area contributed by atoms with E-state index in [9.17, 15) is 5.11 Å². The largest absolute Gasteiger partial charge is 0.508 e. The highest BCUT2D eigenvalue weighted by Crippen LogP contribution is 2.37. The molecule has 0 aliphatic carbocycles. The molecule has 0 radical (unpaired) electrons. The Kier molecular flexibility index (Phi) is 6.76. The highest BCUT2D eigenvalue weighted by atomic mass is 32.2. The summed E-state index contributed by atoms with van der Waals surface area (Å²) < 4.78 is 11.5. The number of hydrogen-bond donors (Lipinski definition) is 1. The third kappa shape index (κ3) is 5.03. The molecule has 1 fully saturated rings. The lowest BCUT2D eigenvalue weighted by atomic mass is 10.2. The zero-order chi connectivity index (χ0) is 19.2. The van der Waals surface area contributed by atoms with Gasteiger partial charge in [0, 0.05) is 25.2 Å². The predicted molar refractivity (Wildman–Crippen MR) is 108 cm³/mol. The second-order valence-electron chi connectivity index (χ2n) is 6.51. The molecular formula is C19H26N4O3S. The van der Waals surface area contributed by atoms with Gasteiger partial charge in [-0.15, -0.1) is 11.8 Å². The fraction of sp³-hybridized carbons (Fsp3) is 0.474. The maximum Gasteiger partial charge on any atom is 0.233 e. The van der Waals surface area contributed by atoms with Gasteiger partial charge in [-0.25, -0.2) is 4.98 Å². The minimum Gasteiger partial charge on any atom is -0.508 e. The quantitative estimate of drug-likeness (QED) is 0.723. The van der Waals surface area contributed by atoms with Crippen LogP contribution in [0.15, 0.2) is 29.2 Å². The van der Waals surface area contributed by atoms with E-state index in [0.717, 1.165) is 35.9 Å². The lowest BCUT2D eigenvalue weighted by Gasteiger charge is -2.30. The Balaban J connectivity index is 2.02. The lowest BCUT2D eigenvalue weighted by Crippen LogP contribution is -2.37. The molecule has 0 bridgehead atoms. The summed E-state index contributed by atoms with van der Waals surface area (Å²) in [6.07, 6.45) is 2.01. The molecule has 2 heterocycles. The number of ether oxygens (including phenoxy) is 2. The van der Waals surface area contributed by atoms with Gasteiger partial charge in [-0.1, -0.05) is 12.1 Å². The molecule has 1 N–H and O–H groups in total. The maximum atomic E-state index is 9.84. The van der Waals surface area contributed by atoms with Gasteiger partial charge in [-0.05, 0) is 32.5 Å². The molecule has 1 aliphatic rings. The Labute approximate surface area is 164 Å². The molecule has 8 heteroatoms. The van der Waals surface area contributed by atoms with Gasteiger partial charge in [0.1, 0.15) is 17.3 Å². The van der Waals surface area contributed by atoms with Crippen molar-refractivity contribution in [1.29, 1.82) is 0 Å². The van der Waals surface area contributed by atoms with Crippen LogP contribution in [0.5, 0.6) is 11.6 Å². The lowest BCUT2D eigenvalue weighted by molar-refractivity contribution is 0.122. The van der Waals surface area contributed by atoms with E-state index in [-0.39, 0.29) is 5.75 Å². The Morgan fingerprint density at radius 3 is 2.70 bits per heavy atom. The van der Waals surface area contributed by atoms with Gasteiger partial charge < -0.3 is 24.4 Å². The van der Waals surface area contributed by atoms with E-state index in [4.69, 9.17) is 14.5 Å². The SMILES string of the molecule is CSc1c(OCCN(C)C)nc(-c2cccc(O)c2)nc1N1CCOCC1. The summed E-state index contributed by atoms with van der Waals surface area (Å²) in [6, 6.07) is 6.98. The number of anilines is 1. The Hall–Kier alpha value is -2.03. The van der Waals surface area contributed by atoms with Crippen LogP contribution in [0.2, 0.25) is 0 Å². The van der Waals surface area contributed by atoms with Crippen LogP contribution in [0.1, 0.15) is 0 Å². The van der Waals surface area contributed by atoms with E-state index < -0.39 is 0 Å². The minimum absolute atomic E-state index is 0.188. The van der Waals surface area contributed by atoms with Crippen molar-refractivity contribution in [2.75, 3.05) is 64.7 Å². The van der Waals surface area contributed by atoms with E-state index in [2.05, 4.69) is 14.8 Å². The number of hydrogen-bond acceptors (Lipinski definition) is 8. The summed E-state index contributed by atoms with van der Waals surface area (Å²) >= 11 is 1.59. The molecule has 0 spiro atoms. The summed E-state index contributed by atoms with van der Waals surface area (Å²) in [5, 5.41) is 9.84. The van der Waals surface area contributed by atoms with Crippen molar-refractivity contribution in [3.63, 3.8) is 0 Å². The highest BCUT2D eigenvalue weighted by Gasteiger charge is 2.22.